The molecule has 0 saturated heterocycles. The summed E-state index contributed by atoms with van der Waals surface area (Å²) in [6.45, 7) is 0. The number of hydrogen-bond acceptors (Lipinski definition) is 34. The monoisotopic (exact) mass is 1920 g/mol. The first-order valence-corrected chi connectivity index (χ1v) is 45.2. The third-order valence-corrected chi connectivity index (χ3v) is 21.0. The SMILES string of the molecule is C.COC(=O)C(C(=O)c1ccnc(SC)n1)c1ccc(F)cc1.COC(=O)C(C(=O)c1ccnc(SC)n1)c1ccc(F)cc1.COC(=O)C(c1ccc(F)cc1)C(O)c1ccnc(SC)n1.COC(=O)C(c1ccc(F)cc1)C(O)c1ccnc(SC)n1.COC(=O)Cc1ccc(F)cc1.CSc1nccc(-c2[nH][nH]c(=O)c2-c2ccc(F)cc2)n1.CSc1nccc(C=O)n1. The van der Waals surface area contributed by atoms with Crippen molar-refractivity contribution in [3.63, 3.8) is 0 Å². The number of methoxy groups -OCH3 is 5. The van der Waals surface area contributed by atoms with Crippen LogP contribution >= 0.6 is 70.6 Å². The number of halogens is 6. The van der Waals surface area contributed by atoms with Gasteiger partial charge in [0, 0.05) is 37.2 Å². The van der Waals surface area contributed by atoms with E-state index in [1.54, 1.807) is 61.3 Å². The Bertz CT molecular complexity index is 5770. The molecule has 13 aromatic rings. The lowest BCUT2D eigenvalue weighted by atomic mass is 9.91. The fourth-order valence-electron chi connectivity index (χ4n) is 11.2. The maximum Gasteiger partial charge on any atom is 0.321 e. The lowest BCUT2D eigenvalue weighted by Gasteiger charge is -2.21. The summed E-state index contributed by atoms with van der Waals surface area (Å²) in [6.07, 6.45) is 18.5. The van der Waals surface area contributed by atoms with E-state index in [9.17, 15) is 79.7 Å². The van der Waals surface area contributed by atoms with E-state index in [4.69, 9.17) is 18.9 Å². The Kier molecular flexibility index (Phi) is 45.4. The molecule has 0 radical (unpaired) electrons. The molecule has 0 aliphatic carbocycles. The minimum Gasteiger partial charge on any atom is -0.469 e. The summed E-state index contributed by atoms with van der Waals surface area (Å²) >= 11 is 8.05. The van der Waals surface area contributed by atoms with Crippen LogP contribution in [0.25, 0.3) is 22.5 Å². The average Bonchev–Trinajstić information content (AvgIpc) is 1.63. The van der Waals surface area contributed by atoms with Crippen LogP contribution in [0.15, 0.2) is 255 Å². The van der Waals surface area contributed by atoms with Crippen molar-refractivity contribution in [2.45, 2.75) is 80.7 Å². The first kappa shape index (κ1) is 108. The van der Waals surface area contributed by atoms with Gasteiger partial charge in [0.05, 0.1) is 70.3 Å². The quantitative estimate of drug-likeness (QED) is 0.00543. The zero-order chi connectivity index (χ0) is 95.6. The van der Waals surface area contributed by atoms with Crippen molar-refractivity contribution in [3.8, 4) is 22.5 Å². The van der Waals surface area contributed by atoms with Gasteiger partial charge in [-0.15, -0.1) is 0 Å². The average molecular weight is 1930 g/mol. The number of carbonyl (C=O) groups excluding carboxylic acids is 8. The smallest absolute Gasteiger partial charge is 0.321 e. The van der Waals surface area contributed by atoms with Gasteiger partial charge in [0.25, 0.3) is 5.56 Å². The van der Waals surface area contributed by atoms with Gasteiger partial charge in [0.15, 0.2) is 48.8 Å². The number of thioether (sulfide) groups is 6. The highest BCUT2D eigenvalue weighted by atomic mass is 32.2. The van der Waals surface area contributed by atoms with Gasteiger partial charge in [-0.05, 0) is 180 Å². The lowest BCUT2D eigenvalue weighted by molar-refractivity contribution is -0.146. The van der Waals surface area contributed by atoms with Gasteiger partial charge in [-0.25, -0.2) is 86.2 Å². The third-order valence-electron chi connectivity index (χ3n) is 17.7. The van der Waals surface area contributed by atoms with E-state index in [-0.39, 0.29) is 48.4 Å². The molecule has 132 heavy (non-hydrogen) atoms. The molecule has 7 aromatic heterocycles. The van der Waals surface area contributed by atoms with Crippen LogP contribution in [-0.2, 0) is 54.1 Å². The molecule has 0 aliphatic rings. The van der Waals surface area contributed by atoms with Crippen LogP contribution in [0.2, 0.25) is 0 Å². The summed E-state index contributed by atoms with van der Waals surface area (Å²) in [5.41, 5.74) is 5.55. The van der Waals surface area contributed by atoms with Crippen molar-refractivity contribution >= 4 is 118 Å². The predicted octanol–water partition coefficient (Wildman–Crippen LogP) is 15.5. The number of aliphatic hydroxyl groups excluding tert-OH is 2. The molecule has 6 aromatic carbocycles. The van der Waals surface area contributed by atoms with Crippen molar-refractivity contribution < 1.29 is 98.6 Å². The molecular weight excluding hydrogens is 1840 g/mol. The number of aliphatic hydroxyl groups is 2. The van der Waals surface area contributed by atoms with Gasteiger partial charge < -0.3 is 33.9 Å². The van der Waals surface area contributed by atoms with E-state index in [0.29, 0.717) is 99.1 Å². The van der Waals surface area contributed by atoms with Crippen molar-refractivity contribution in [1.29, 1.82) is 0 Å². The topological polar surface area (TPSA) is 426 Å². The molecule has 0 amide bonds. The molecular formula is C90H86F6N14O16S6. The maximum atomic E-state index is 13.1. The van der Waals surface area contributed by atoms with Crippen LogP contribution in [0.3, 0.4) is 0 Å². The van der Waals surface area contributed by atoms with E-state index >= 15 is 0 Å². The van der Waals surface area contributed by atoms with Gasteiger partial charge in [-0.3, -0.25) is 53.3 Å². The largest absolute Gasteiger partial charge is 0.469 e. The summed E-state index contributed by atoms with van der Waals surface area (Å²) in [6, 6.07) is 41.7. The third kappa shape index (κ3) is 32.4. The number of aldehydes is 1. The predicted molar refractivity (Wildman–Crippen MR) is 486 cm³/mol. The van der Waals surface area contributed by atoms with Gasteiger partial charge in [-0.1, -0.05) is 151 Å². The highest BCUT2D eigenvalue weighted by Crippen LogP contribution is 2.35. The zero-order valence-electron chi connectivity index (χ0n) is 71.2. The summed E-state index contributed by atoms with van der Waals surface area (Å²) in [4.78, 5) is 155. The molecule has 6 unspecified atom stereocenters. The van der Waals surface area contributed by atoms with Gasteiger partial charge in [-0.2, -0.15) is 0 Å². The number of nitrogens with one attached hydrogen (secondary N) is 2. The Morgan fingerprint density at radius 3 is 1.03 bits per heavy atom. The fraction of sp³-hybridized carbons (Fsp3) is 0.211. The molecule has 0 fully saturated rings. The Balaban J connectivity index is 0.000000240. The second kappa shape index (κ2) is 55.7. The number of esters is 5. The molecule has 690 valence electrons. The highest BCUT2D eigenvalue weighted by molar-refractivity contribution is 7.99. The van der Waals surface area contributed by atoms with Crippen LogP contribution < -0.4 is 5.56 Å². The Morgan fingerprint density at radius 2 is 0.682 bits per heavy atom. The number of rotatable bonds is 27. The van der Waals surface area contributed by atoms with E-state index in [2.05, 4.69) is 74.7 Å². The van der Waals surface area contributed by atoms with Crippen molar-refractivity contribution in [2.75, 3.05) is 73.1 Å². The molecule has 7 heterocycles. The molecule has 4 N–H and O–H groups in total. The van der Waals surface area contributed by atoms with E-state index in [1.165, 1.54) is 277 Å². The van der Waals surface area contributed by atoms with Gasteiger partial charge in [0.2, 0.25) is 0 Å². The number of Topliss-reactive ketones (excluding diaryl/α,β-unsaturated/α-hetero) is 2. The first-order valence-electron chi connectivity index (χ1n) is 37.9. The molecule has 42 heteroatoms. The molecule has 13 rings (SSSR count). The molecule has 0 spiro atoms. The fourth-order valence-corrected chi connectivity index (χ4v) is 13.4. The van der Waals surface area contributed by atoms with Crippen molar-refractivity contribution in [3.05, 3.63) is 321 Å². The Hall–Kier alpha value is -13.2. The van der Waals surface area contributed by atoms with Crippen molar-refractivity contribution in [1.82, 2.24) is 70.0 Å². The zero-order valence-corrected chi connectivity index (χ0v) is 76.1. The Morgan fingerprint density at radius 1 is 0.371 bits per heavy atom. The standard InChI is InChI=1S/2C15H15FN2O3S.2C15H13FN2O3S.C14H11FN4OS.C9H9FO2.C6H6N2OS.CH4/c4*1-21-14(20)12(9-3-5-10(16)6-4-9)13(19)11-7-8-17-15(18-11)22-2;1-21-14-16-7-6-10(17-14)12-11(13(20)19-18-12)8-2-4-9(15)5-3-8;1-12-9(11)6-7-2-4-8(10)5-3-7;1-10-6-7-3-2-5(4-9)8-6;/h2*3-8,12-13,19H,1-2H3;2*3-8,12H,1-2H3;2-7H,1H3,(H2,18,19,20);2-5H,6H2,1H3;2-4H,1H3;1H4. The molecule has 6 atom stereocenters. The van der Waals surface area contributed by atoms with Crippen molar-refractivity contribution in [2.24, 2.45) is 0 Å². The number of aromatic nitrogens is 14. The number of carbonyl (C=O) groups is 8. The molecule has 30 nitrogen and oxygen atoms in total. The maximum absolute atomic E-state index is 13.1. The van der Waals surface area contributed by atoms with Crippen LogP contribution in [-0.4, -0.2) is 201 Å². The second-order valence-corrected chi connectivity index (χ2v) is 30.4. The summed E-state index contributed by atoms with van der Waals surface area (Å²) in [7, 11) is 6.18. The molecule has 0 saturated carbocycles. The van der Waals surface area contributed by atoms with Crippen LogP contribution in [0, 0.1) is 34.9 Å². The number of benzene rings is 6. The van der Waals surface area contributed by atoms with Crippen LogP contribution in [0.1, 0.15) is 114 Å². The van der Waals surface area contributed by atoms with Crippen LogP contribution in [0.4, 0.5) is 26.3 Å². The Labute approximate surface area is 778 Å². The number of hydrogen-bond donors (Lipinski definition) is 4. The number of ether oxygens (including phenoxy) is 5. The minimum absolute atomic E-state index is 0. The normalized spacial score (nSPS) is 11.7. The summed E-state index contributed by atoms with van der Waals surface area (Å²) in [5.74, 6) is -10.8. The number of aromatic amines is 2. The number of nitrogens with zero attached hydrogens (tertiary/aromatic N) is 12. The minimum atomic E-state index is -1.22. The van der Waals surface area contributed by atoms with E-state index in [1.807, 2.05) is 25.0 Å². The second-order valence-electron chi connectivity index (χ2n) is 25.8. The van der Waals surface area contributed by atoms with Gasteiger partial charge >= 0.3 is 29.8 Å². The highest BCUT2D eigenvalue weighted by Gasteiger charge is 2.36. The van der Waals surface area contributed by atoms with E-state index < -0.39 is 94.6 Å². The summed E-state index contributed by atoms with van der Waals surface area (Å²) < 4.78 is 101. The molecule has 0 bridgehead atoms. The number of H-pyrrole nitrogens is 2. The molecule has 0 aliphatic heterocycles. The lowest BCUT2D eigenvalue weighted by Crippen LogP contribution is -2.24. The van der Waals surface area contributed by atoms with Gasteiger partial charge in [0.1, 0.15) is 87.9 Å². The van der Waals surface area contributed by atoms with Crippen LogP contribution in [0.5, 0.6) is 0 Å². The van der Waals surface area contributed by atoms with E-state index in [0.717, 1.165) is 5.56 Å². The number of ketones is 2. The first-order chi connectivity index (χ1) is 63.0. The summed E-state index contributed by atoms with van der Waals surface area (Å²) in [5, 5.41) is 29.5.